The van der Waals surface area contributed by atoms with Crippen molar-refractivity contribution in [2.45, 2.75) is 26.1 Å². The van der Waals surface area contributed by atoms with Gasteiger partial charge in [-0.15, -0.1) is 0 Å². The highest BCUT2D eigenvalue weighted by molar-refractivity contribution is 6.18. The Kier molecular flexibility index (Phi) is 5.23. The second-order valence-corrected chi connectivity index (χ2v) is 5.74. The number of nitrogens with zero attached hydrogens (tertiary/aromatic N) is 1. The zero-order valence-electron chi connectivity index (χ0n) is 13.1. The van der Waals surface area contributed by atoms with Crippen LogP contribution in [0.4, 0.5) is 0 Å². The number of rotatable bonds is 8. The summed E-state index contributed by atoms with van der Waals surface area (Å²) in [6.45, 7) is 3.85. The van der Waals surface area contributed by atoms with Gasteiger partial charge in [0.2, 0.25) is 0 Å². The van der Waals surface area contributed by atoms with Crippen molar-refractivity contribution in [3.05, 3.63) is 24.3 Å². The zero-order chi connectivity index (χ0) is 17.0. The van der Waals surface area contributed by atoms with Gasteiger partial charge in [-0.2, -0.15) is 0 Å². The molecule has 7 nitrogen and oxygen atoms in total. The number of carbonyl (C=O) groups is 4. The third-order valence-electron chi connectivity index (χ3n) is 3.62. The van der Waals surface area contributed by atoms with Crippen LogP contribution in [0.3, 0.4) is 0 Å². The molecule has 1 heterocycles. The fourth-order valence-corrected chi connectivity index (χ4v) is 2.32. The highest BCUT2D eigenvalue weighted by Crippen LogP contribution is 2.18. The molecule has 23 heavy (non-hydrogen) atoms. The van der Waals surface area contributed by atoms with E-state index in [-0.39, 0.29) is 43.1 Å². The third kappa shape index (κ3) is 4.43. The van der Waals surface area contributed by atoms with Crippen molar-refractivity contribution < 1.29 is 28.7 Å². The molecule has 0 fully saturated rings. The maximum atomic E-state index is 11.5. The molecule has 2 aliphatic rings. The Hall–Kier alpha value is -2.12. The van der Waals surface area contributed by atoms with Gasteiger partial charge >= 0.3 is 0 Å². The van der Waals surface area contributed by atoms with Gasteiger partial charge in [-0.3, -0.25) is 24.1 Å². The Morgan fingerprint density at radius 2 is 1.43 bits per heavy atom. The van der Waals surface area contributed by atoms with Crippen molar-refractivity contribution in [1.29, 1.82) is 0 Å². The SMILES string of the molecule is CC(C)(OCCC1C(=O)C=CC1=O)OCCN1C(=O)C=CC1=O. The van der Waals surface area contributed by atoms with E-state index in [2.05, 4.69) is 0 Å². The minimum Gasteiger partial charge on any atom is -0.350 e. The average molecular weight is 321 g/mol. The number of ketones is 2. The normalized spacial score (nSPS) is 18.8. The lowest BCUT2D eigenvalue weighted by Gasteiger charge is -2.27. The number of amides is 2. The standard InChI is InChI=1S/C16H19NO6/c1-16(2,22-9-7-11-12(18)3-4-13(11)19)23-10-8-17-14(20)5-6-15(17)21/h3-6,11H,7-10H2,1-2H3. The molecule has 0 atom stereocenters. The first-order valence-electron chi connectivity index (χ1n) is 7.37. The Morgan fingerprint density at radius 3 is 2.00 bits per heavy atom. The Bertz CT molecular complexity index is 503. The Labute approximate surface area is 133 Å². The topological polar surface area (TPSA) is 90.0 Å². The van der Waals surface area contributed by atoms with E-state index < -0.39 is 11.7 Å². The highest BCUT2D eigenvalue weighted by atomic mass is 16.7. The minimum atomic E-state index is -0.947. The second-order valence-electron chi connectivity index (χ2n) is 5.74. The molecule has 0 saturated heterocycles. The first-order valence-corrected chi connectivity index (χ1v) is 7.37. The molecule has 2 amide bonds. The van der Waals surface area contributed by atoms with Crippen molar-refractivity contribution >= 4 is 23.4 Å². The van der Waals surface area contributed by atoms with Crippen LogP contribution in [-0.2, 0) is 28.7 Å². The van der Waals surface area contributed by atoms with Gasteiger partial charge in [-0.1, -0.05) is 0 Å². The molecule has 1 aliphatic carbocycles. The first-order chi connectivity index (χ1) is 10.8. The van der Waals surface area contributed by atoms with Crippen molar-refractivity contribution in [3.8, 4) is 0 Å². The molecule has 0 unspecified atom stereocenters. The van der Waals surface area contributed by atoms with Crippen molar-refractivity contribution in [1.82, 2.24) is 4.90 Å². The number of allylic oxidation sites excluding steroid dienone is 2. The summed E-state index contributed by atoms with van der Waals surface area (Å²) in [5.74, 6) is -2.72. The fraction of sp³-hybridized carbons (Fsp3) is 0.500. The molecule has 7 heteroatoms. The van der Waals surface area contributed by atoms with Gasteiger partial charge in [-0.05, 0) is 32.4 Å². The van der Waals surface area contributed by atoms with E-state index in [1.54, 1.807) is 13.8 Å². The lowest BCUT2D eigenvalue weighted by atomic mass is 10.0. The summed E-state index contributed by atoms with van der Waals surface area (Å²) < 4.78 is 11.1. The lowest BCUT2D eigenvalue weighted by Crippen LogP contribution is -2.37. The van der Waals surface area contributed by atoms with Gasteiger partial charge in [0.15, 0.2) is 17.4 Å². The number of hydrogen-bond acceptors (Lipinski definition) is 6. The van der Waals surface area contributed by atoms with Gasteiger partial charge in [0, 0.05) is 12.2 Å². The maximum absolute atomic E-state index is 11.5. The molecule has 0 aromatic carbocycles. The average Bonchev–Trinajstić information content (AvgIpc) is 2.96. The van der Waals surface area contributed by atoms with Crippen LogP contribution in [0.1, 0.15) is 20.3 Å². The van der Waals surface area contributed by atoms with Crippen LogP contribution in [0, 0.1) is 5.92 Å². The number of ether oxygens (including phenoxy) is 2. The molecule has 0 N–H and O–H groups in total. The van der Waals surface area contributed by atoms with E-state index in [0.717, 1.165) is 4.90 Å². The summed E-state index contributed by atoms with van der Waals surface area (Å²) >= 11 is 0. The second kappa shape index (κ2) is 6.97. The van der Waals surface area contributed by atoms with Crippen LogP contribution in [-0.4, -0.2) is 53.8 Å². The van der Waals surface area contributed by atoms with Crippen molar-refractivity contribution in [2.24, 2.45) is 5.92 Å². The van der Waals surface area contributed by atoms with E-state index >= 15 is 0 Å². The molecule has 1 aliphatic heterocycles. The van der Waals surface area contributed by atoms with E-state index in [1.165, 1.54) is 24.3 Å². The highest BCUT2D eigenvalue weighted by Gasteiger charge is 2.29. The molecule has 0 spiro atoms. The molecule has 124 valence electrons. The molecular weight excluding hydrogens is 302 g/mol. The van der Waals surface area contributed by atoms with Crippen LogP contribution >= 0.6 is 0 Å². The zero-order valence-corrected chi connectivity index (χ0v) is 13.1. The van der Waals surface area contributed by atoms with Crippen LogP contribution in [0.15, 0.2) is 24.3 Å². The van der Waals surface area contributed by atoms with E-state index in [4.69, 9.17) is 9.47 Å². The van der Waals surface area contributed by atoms with Gasteiger partial charge in [0.05, 0.1) is 25.7 Å². The van der Waals surface area contributed by atoms with Gasteiger partial charge in [0.1, 0.15) is 0 Å². The number of imide groups is 1. The monoisotopic (exact) mass is 321 g/mol. The lowest BCUT2D eigenvalue weighted by molar-refractivity contribution is -0.216. The molecule has 2 rings (SSSR count). The van der Waals surface area contributed by atoms with E-state index in [9.17, 15) is 19.2 Å². The van der Waals surface area contributed by atoms with Crippen molar-refractivity contribution in [3.63, 3.8) is 0 Å². The van der Waals surface area contributed by atoms with Crippen LogP contribution in [0.2, 0.25) is 0 Å². The minimum absolute atomic E-state index is 0.134. The molecule has 0 radical (unpaired) electrons. The smallest absolute Gasteiger partial charge is 0.253 e. The fourth-order valence-electron chi connectivity index (χ4n) is 2.32. The largest absolute Gasteiger partial charge is 0.350 e. The number of carbonyl (C=O) groups excluding carboxylic acids is 4. The first kappa shape index (κ1) is 17.2. The summed E-state index contributed by atoms with van der Waals surface area (Å²) in [5, 5.41) is 0. The molecule has 0 saturated carbocycles. The molecule has 0 aromatic rings. The van der Waals surface area contributed by atoms with Crippen molar-refractivity contribution in [2.75, 3.05) is 19.8 Å². The predicted octanol–water partition coefficient (Wildman–Crippen LogP) is 0.395. The van der Waals surface area contributed by atoms with E-state index in [1.807, 2.05) is 0 Å². The number of hydrogen-bond donors (Lipinski definition) is 0. The summed E-state index contributed by atoms with van der Waals surface area (Å²) in [5.41, 5.74) is 0. The molecule has 0 bridgehead atoms. The Balaban J connectivity index is 1.68. The van der Waals surface area contributed by atoms with Crippen LogP contribution in [0.25, 0.3) is 0 Å². The van der Waals surface area contributed by atoms with Gasteiger partial charge in [-0.25, -0.2) is 0 Å². The van der Waals surface area contributed by atoms with Crippen LogP contribution in [0.5, 0.6) is 0 Å². The predicted molar refractivity (Wildman–Crippen MR) is 79.1 cm³/mol. The quantitative estimate of drug-likeness (QED) is 0.365. The van der Waals surface area contributed by atoms with E-state index in [0.29, 0.717) is 6.42 Å². The molecule has 0 aromatic heterocycles. The summed E-state index contributed by atoms with van der Waals surface area (Å²) in [6, 6.07) is 0. The summed E-state index contributed by atoms with van der Waals surface area (Å²) in [6.07, 6.45) is 5.30. The maximum Gasteiger partial charge on any atom is 0.253 e. The third-order valence-corrected chi connectivity index (χ3v) is 3.62. The summed E-state index contributed by atoms with van der Waals surface area (Å²) in [7, 11) is 0. The van der Waals surface area contributed by atoms with Gasteiger partial charge in [0.25, 0.3) is 11.8 Å². The van der Waals surface area contributed by atoms with Gasteiger partial charge < -0.3 is 9.47 Å². The Morgan fingerprint density at radius 1 is 0.913 bits per heavy atom. The summed E-state index contributed by atoms with van der Waals surface area (Å²) in [4.78, 5) is 46.7. The molecular formula is C16H19NO6. The van der Waals surface area contributed by atoms with Crippen LogP contribution < -0.4 is 0 Å².